The van der Waals surface area contributed by atoms with Crippen molar-refractivity contribution in [2.24, 2.45) is 23.4 Å². The molecule has 0 aromatic rings. The smallest absolute Gasteiger partial charge is 0.0764 e. The van der Waals surface area contributed by atoms with Gasteiger partial charge in [-0.1, -0.05) is 0 Å². The number of hydrogen-bond acceptors (Lipinski definition) is 9. The number of nitrogens with one attached hydrogen (secondary N) is 3. The van der Waals surface area contributed by atoms with Crippen molar-refractivity contribution >= 4 is 0 Å². The Kier molecular flexibility index (Phi) is 5.23. The fourth-order valence-electron chi connectivity index (χ4n) is 0.262. The third-order valence-electron chi connectivity index (χ3n) is 0.558. The van der Waals surface area contributed by atoms with Gasteiger partial charge >= 0.3 is 0 Å². The number of hydrogen-bond donors (Lipinski definition) is 7. The summed E-state index contributed by atoms with van der Waals surface area (Å²) in [4.78, 5) is 0. The summed E-state index contributed by atoms with van der Waals surface area (Å²) >= 11 is 0. The molecule has 0 heterocycles. The lowest BCUT2D eigenvalue weighted by Crippen LogP contribution is -2.60. The zero-order valence-corrected chi connectivity index (χ0v) is 5.41. The summed E-state index contributed by atoms with van der Waals surface area (Å²) in [5.74, 6) is 19.8. The summed E-state index contributed by atoms with van der Waals surface area (Å²) in [6, 6.07) is 0. The van der Waals surface area contributed by atoms with Gasteiger partial charge < -0.3 is 0 Å². The molecule has 0 rings (SSSR count). The molecule has 0 aromatic carbocycles. The van der Waals surface area contributed by atoms with Crippen molar-refractivity contribution < 1.29 is 0 Å². The highest BCUT2D eigenvalue weighted by Crippen LogP contribution is 1.46. The maximum absolute atomic E-state index is 4.97. The Morgan fingerprint density at radius 3 is 2.00 bits per heavy atom. The second kappa shape index (κ2) is 5.43. The van der Waals surface area contributed by atoms with Crippen LogP contribution in [-0.2, 0) is 0 Å². The van der Waals surface area contributed by atoms with Gasteiger partial charge in [-0.15, -0.1) is 10.5 Å². The first-order valence-electron chi connectivity index (χ1n) is 2.44. The van der Waals surface area contributed by atoms with Gasteiger partial charge in [0, 0.05) is 0 Å². The minimum Gasteiger partial charge on any atom is -0.241 e. The molecule has 0 radical (unpaired) electrons. The van der Waals surface area contributed by atoms with Crippen LogP contribution >= 0.6 is 0 Å². The lowest BCUT2D eigenvalue weighted by molar-refractivity contribution is 0.124. The van der Waals surface area contributed by atoms with Gasteiger partial charge in [0.25, 0.3) is 0 Å². The molecule has 0 aliphatic carbocycles. The van der Waals surface area contributed by atoms with E-state index >= 15 is 0 Å². The Morgan fingerprint density at radius 2 is 1.60 bits per heavy atom. The quantitative estimate of drug-likeness (QED) is 0.0894. The van der Waals surface area contributed by atoms with E-state index in [2.05, 4.69) is 16.4 Å². The average Bonchev–Trinajstić information content (AvgIpc) is 1.79. The van der Waals surface area contributed by atoms with Crippen LogP contribution in [0.5, 0.6) is 0 Å². The average molecular weight is 151 g/mol. The van der Waals surface area contributed by atoms with Crippen LogP contribution in [0.15, 0.2) is 0 Å². The van der Waals surface area contributed by atoms with E-state index in [1.165, 1.54) is 0 Å². The molecule has 62 valence electrons. The lowest BCUT2D eigenvalue weighted by Gasteiger charge is -2.14. The molecule has 9 heteroatoms. The topological polar surface area (TPSA) is 147 Å². The molecule has 0 bridgehead atoms. The largest absolute Gasteiger partial charge is 0.241 e. The van der Waals surface area contributed by atoms with E-state index in [-0.39, 0.29) is 6.67 Å². The molecule has 0 aromatic heterocycles. The van der Waals surface area contributed by atoms with Crippen molar-refractivity contribution in [3.05, 3.63) is 0 Å². The van der Waals surface area contributed by atoms with Gasteiger partial charge in [0.2, 0.25) is 0 Å². The molecule has 0 aliphatic heterocycles. The summed E-state index contributed by atoms with van der Waals surface area (Å²) in [7, 11) is 0. The Hall–Kier alpha value is -0.360. The minimum atomic E-state index is 0.290. The molecule has 0 aliphatic rings. The van der Waals surface area contributed by atoms with E-state index in [0.29, 0.717) is 0 Å². The molecule has 10 heavy (non-hydrogen) atoms. The van der Waals surface area contributed by atoms with Crippen molar-refractivity contribution in [2.75, 3.05) is 6.67 Å². The number of hydrazine groups is 7. The van der Waals surface area contributed by atoms with Crippen molar-refractivity contribution in [1.29, 1.82) is 0 Å². The van der Waals surface area contributed by atoms with Crippen LogP contribution in [0.25, 0.3) is 0 Å². The molecule has 0 amide bonds. The molecule has 9 nitrogen and oxygen atoms in total. The van der Waals surface area contributed by atoms with Gasteiger partial charge in [-0.05, 0) is 0 Å². The van der Waals surface area contributed by atoms with E-state index in [4.69, 9.17) is 23.4 Å². The Morgan fingerprint density at radius 1 is 1.00 bits per heavy atom. The zero-order valence-electron chi connectivity index (χ0n) is 5.41. The number of nitrogens with zero attached hydrogens (tertiary/aromatic N) is 2. The highest BCUT2D eigenvalue weighted by Gasteiger charge is 1.87. The third-order valence-corrected chi connectivity index (χ3v) is 0.558. The van der Waals surface area contributed by atoms with E-state index in [1.807, 2.05) is 0 Å². The molecule has 0 unspecified atom stereocenters. The molecule has 0 atom stereocenters. The standard InChI is InChI=1S/CH13N9/c2-9(3)7-1-6-8-10(4)5/h6-8H,1-5H2. The second-order valence-electron chi connectivity index (χ2n) is 1.44. The highest BCUT2D eigenvalue weighted by molar-refractivity contribution is 4.25. The van der Waals surface area contributed by atoms with Crippen molar-refractivity contribution in [1.82, 2.24) is 26.8 Å². The first-order valence-corrected chi connectivity index (χ1v) is 2.44. The van der Waals surface area contributed by atoms with Gasteiger partial charge in [-0.2, -0.15) is 5.53 Å². The summed E-state index contributed by atoms with van der Waals surface area (Å²) < 4.78 is 0. The van der Waals surface area contributed by atoms with Crippen LogP contribution in [0.3, 0.4) is 0 Å². The summed E-state index contributed by atoms with van der Waals surface area (Å²) in [6.45, 7) is 0.290. The van der Waals surface area contributed by atoms with Crippen molar-refractivity contribution in [3.8, 4) is 0 Å². The Balaban J connectivity index is 2.91. The van der Waals surface area contributed by atoms with E-state index < -0.39 is 0 Å². The third kappa shape index (κ3) is 7.64. The lowest BCUT2D eigenvalue weighted by atomic mass is 11.2. The van der Waals surface area contributed by atoms with Crippen molar-refractivity contribution in [3.63, 3.8) is 0 Å². The maximum atomic E-state index is 4.97. The first kappa shape index (κ1) is 9.64. The SMILES string of the molecule is NN(N)NCNNN(N)N. The van der Waals surface area contributed by atoms with Gasteiger partial charge in [-0.25, -0.2) is 34.2 Å². The van der Waals surface area contributed by atoms with E-state index in [9.17, 15) is 0 Å². The molecule has 0 saturated carbocycles. The van der Waals surface area contributed by atoms with Crippen LogP contribution in [0, 0.1) is 0 Å². The predicted octanol–water partition coefficient (Wildman–Crippen LogP) is -4.44. The molecular weight excluding hydrogens is 138 g/mol. The van der Waals surface area contributed by atoms with Crippen LogP contribution < -0.4 is 39.8 Å². The van der Waals surface area contributed by atoms with Crippen LogP contribution in [0.4, 0.5) is 0 Å². The summed E-state index contributed by atoms with van der Waals surface area (Å²) in [5.41, 5.74) is 7.35. The fraction of sp³-hybridized carbons (Fsp3) is 1.00. The molecular formula is CH13N9. The monoisotopic (exact) mass is 151 g/mol. The van der Waals surface area contributed by atoms with Crippen LogP contribution in [0.2, 0.25) is 0 Å². The minimum absolute atomic E-state index is 0.290. The summed E-state index contributed by atoms with van der Waals surface area (Å²) in [6.07, 6.45) is 0. The van der Waals surface area contributed by atoms with Gasteiger partial charge in [-0.3, -0.25) is 0 Å². The maximum Gasteiger partial charge on any atom is 0.0764 e. The first-order chi connectivity index (χ1) is 4.63. The number of nitrogens with two attached hydrogens (primary N) is 4. The van der Waals surface area contributed by atoms with Crippen LogP contribution in [0.1, 0.15) is 0 Å². The number of rotatable bonds is 5. The molecule has 0 saturated heterocycles. The Bertz CT molecular complexity index is 57.1. The molecule has 0 fully saturated rings. The zero-order chi connectivity index (χ0) is 7.98. The summed E-state index contributed by atoms with van der Waals surface area (Å²) in [5, 5.41) is 1.55. The van der Waals surface area contributed by atoms with E-state index in [0.717, 1.165) is 10.5 Å². The van der Waals surface area contributed by atoms with Crippen molar-refractivity contribution in [2.45, 2.75) is 0 Å². The fourth-order valence-corrected chi connectivity index (χ4v) is 0.262. The van der Waals surface area contributed by atoms with E-state index in [1.54, 1.807) is 0 Å². The van der Waals surface area contributed by atoms with Gasteiger partial charge in [0.05, 0.1) is 6.67 Å². The molecule has 11 N–H and O–H groups in total. The highest BCUT2D eigenvalue weighted by atomic mass is 15.9. The Labute approximate surface area is 58.1 Å². The van der Waals surface area contributed by atoms with Crippen LogP contribution in [-0.4, -0.2) is 17.1 Å². The molecule has 0 spiro atoms. The van der Waals surface area contributed by atoms with Gasteiger partial charge in [0.15, 0.2) is 0 Å². The second-order valence-corrected chi connectivity index (χ2v) is 1.44. The van der Waals surface area contributed by atoms with Gasteiger partial charge in [0.1, 0.15) is 0 Å². The predicted molar refractivity (Wildman–Crippen MR) is 34.7 cm³/mol. The normalized spacial score (nSPS) is 11.4.